The standard InChI is InChI=1S/C17H20N4/c1-11(2)18-15-10-12(3)19-17-16(13(4)20-21(15)17)14-8-6-5-7-9-14/h5-11,18H,1-4H3. The van der Waals surface area contributed by atoms with Gasteiger partial charge in [0.1, 0.15) is 5.82 Å². The number of hydrogen-bond acceptors (Lipinski definition) is 3. The minimum atomic E-state index is 0.347. The van der Waals surface area contributed by atoms with Gasteiger partial charge in [-0.1, -0.05) is 30.3 Å². The summed E-state index contributed by atoms with van der Waals surface area (Å²) in [5, 5.41) is 8.12. The highest BCUT2D eigenvalue weighted by Gasteiger charge is 2.15. The van der Waals surface area contributed by atoms with E-state index in [1.165, 1.54) is 0 Å². The Labute approximate surface area is 124 Å². The number of fused-ring (bicyclic) bond motifs is 1. The van der Waals surface area contributed by atoms with Crippen LogP contribution in [-0.2, 0) is 0 Å². The zero-order valence-electron chi connectivity index (χ0n) is 12.9. The van der Waals surface area contributed by atoms with Crippen molar-refractivity contribution in [1.82, 2.24) is 14.6 Å². The second-order valence-electron chi connectivity index (χ2n) is 5.64. The van der Waals surface area contributed by atoms with Gasteiger partial charge in [-0.15, -0.1) is 0 Å². The molecule has 4 nitrogen and oxygen atoms in total. The van der Waals surface area contributed by atoms with Gasteiger partial charge in [-0.05, 0) is 33.3 Å². The summed E-state index contributed by atoms with van der Waals surface area (Å²) >= 11 is 0. The van der Waals surface area contributed by atoms with Crippen molar-refractivity contribution in [3.8, 4) is 11.1 Å². The zero-order chi connectivity index (χ0) is 15.0. The maximum absolute atomic E-state index is 4.70. The highest BCUT2D eigenvalue weighted by molar-refractivity contribution is 5.80. The number of hydrogen-bond donors (Lipinski definition) is 1. The Morgan fingerprint density at radius 2 is 1.81 bits per heavy atom. The van der Waals surface area contributed by atoms with Crippen molar-refractivity contribution < 1.29 is 0 Å². The molecule has 2 aromatic heterocycles. The first-order valence-electron chi connectivity index (χ1n) is 7.25. The molecule has 0 amide bonds. The van der Waals surface area contributed by atoms with E-state index in [0.717, 1.165) is 34.0 Å². The van der Waals surface area contributed by atoms with E-state index in [9.17, 15) is 0 Å². The number of nitrogens with zero attached hydrogens (tertiary/aromatic N) is 3. The number of anilines is 1. The lowest BCUT2D eigenvalue weighted by Gasteiger charge is -2.12. The van der Waals surface area contributed by atoms with E-state index in [4.69, 9.17) is 4.98 Å². The second-order valence-corrected chi connectivity index (χ2v) is 5.64. The van der Waals surface area contributed by atoms with E-state index in [1.54, 1.807) is 0 Å². The summed E-state index contributed by atoms with van der Waals surface area (Å²) in [6.45, 7) is 8.29. The molecule has 0 aliphatic carbocycles. The predicted molar refractivity (Wildman–Crippen MR) is 86.7 cm³/mol. The Kier molecular flexibility index (Phi) is 3.37. The Bertz CT molecular complexity index is 772. The van der Waals surface area contributed by atoms with Crippen molar-refractivity contribution in [2.24, 2.45) is 0 Å². The molecule has 2 heterocycles. The van der Waals surface area contributed by atoms with Gasteiger partial charge in [-0.25, -0.2) is 4.98 Å². The van der Waals surface area contributed by atoms with Crippen molar-refractivity contribution in [3.63, 3.8) is 0 Å². The SMILES string of the molecule is Cc1cc(NC(C)C)n2nc(C)c(-c3ccccc3)c2n1. The maximum Gasteiger partial charge on any atom is 0.165 e. The van der Waals surface area contributed by atoms with Crippen LogP contribution in [0.1, 0.15) is 25.2 Å². The van der Waals surface area contributed by atoms with E-state index in [2.05, 4.69) is 36.4 Å². The van der Waals surface area contributed by atoms with E-state index < -0.39 is 0 Å². The molecule has 0 fully saturated rings. The molecule has 0 spiro atoms. The molecule has 0 aliphatic rings. The maximum atomic E-state index is 4.70. The largest absolute Gasteiger partial charge is 0.368 e. The molecule has 21 heavy (non-hydrogen) atoms. The van der Waals surface area contributed by atoms with Crippen LogP contribution in [-0.4, -0.2) is 20.6 Å². The van der Waals surface area contributed by atoms with Crippen LogP contribution in [0.5, 0.6) is 0 Å². The molecule has 0 atom stereocenters. The van der Waals surface area contributed by atoms with E-state index in [1.807, 2.05) is 42.6 Å². The van der Waals surface area contributed by atoms with Gasteiger partial charge in [0.15, 0.2) is 5.65 Å². The lowest BCUT2D eigenvalue weighted by atomic mass is 10.1. The Hall–Kier alpha value is -2.36. The van der Waals surface area contributed by atoms with Crippen LogP contribution < -0.4 is 5.32 Å². The van der Waals surface area contributed by atoms with Crippen LogP contribution in [0.3, 0.4) is 0 Å². The number of rotatable bonds is 3. The highest BCUT2D eigenvalue weighted by Crippen LogP contribution is 2.29. The fourth-order valence-electron chi connectivity index (χ4n) is 2.59. The van der Waals surface area contributed by atoms with Gasteiger partial charge in [0.2, 0.25) is 0 Å². The minimum absolute atomic E-state index is 0.347. The average molecular weight is 280 g/mol. The number of aromatic nitrogens is 3. The minimum Gasteiger partial charge on any atom is -0.368 e. The molecule has 0 saturated carbocycles. The van der Waals surface area contributed by atoms with Gasteiger partial charge >= 0.3 is 0 Å². The fourth-order valence-corrected chi connectivity index (χ4v) is 2.59. The van der Waals surface area contributed by atoms with Gasteiger partial charge in [0.05, 0.1) is 5.69 Å². The van der Waals surface area contributed by atoms with Crippen LogP contribution in [0.2, 0.25) is 0 Å². The predicted octanol–water partition coefficient (Wildman–Crippen LogP) is 3.83. The molecular formula is C17H20N4. The average Bonchev–Trinajstić information content (AvgIpc) is 2.75. The van der Waals surface area contributed by atoms with Crippen molar-refractivity contribution in [2.45, 2.75) is 33.7 Å². The first kappa shape index (κ1) is 13.6. The molecule has 3 aromatic rings. The Morgan fingerprint density at radius 3 is 2.48 bits per heavy atom. The first-order valence-corrected chi connectivity index (χ1v) is 7.25. The lowest BCUT2D eigenvalue weighted by Crippen LogP contribution is -2.14. The molecule has 1 aromatic carbocycles. The van der Waals surface area contributed by atoms with Gasteiger partial charge in [-0.2, -0.15) is 9.61 Å². The van der Waals surface area contributed by atoms with Gasteiger partial charge < -0.3 is 5.32 Å². The monoisotopic (exact) mass is 280 g/mol. The molecule has 4 heteroatoms. The summed E-state index contributed by atoms with van der Waals surface area (Å²) in [5.41, 5.74) is 5.14. The quantitative estimate of drug-likeness (QED) is 0.792. The van der Waals surface area contributed by atoms with E-state index in [-0.39, 0.29) is 0 Å². The van der Waals surface area contributed by atoms with Crippen LogP contribution in [0.15, 0.2) is 36.4 Å². The summed E-state index contributed by atoms with van der Waals surface area (Å²) in [7, 11) is 0. The number of aryl methyl sites for hydroxylation is 2. The summed E-state index contributed by atoms with van der Waals surface area (Å²) in [6, 6.07) is 12.7. The second kappa shape index (κ2) is 5.20. The Balaban J connectivity index is 2.28. The van der Waals surface area contributed by atoms with E-state index in [0.29, 0.717) is 6.04 Å². The van der Waals surface area contributed by atoms with Crippen LogP contribution in [0, 0.1) is 13.8 Å². The summed E-state index contributed by atoms with van der Waals surface area (Å²) in [5.74, 6) is 0.984. The molecule has 0 unspecified atom stereocenters. The summed E-state index contributed by atoms with van der Waals surface area (Å²) in [6.07, 6.45) is 0. The smallest absolute Gasteiger partial charge is 0.165 e. The first-order chi connectivity index (χ1) is 10.1. The number of nitrogens with one attached hydrogen (secondary N) is 1. The Morgan fingerprint density at radius 1 is 1.10 bits per heavy atom. The summed E-state index contributed by atoms with van der Waals surface area (Å²) in [4.78, 5) is 4.70. The molecule has 0 radical (unpaired) electrons. The van der Waals surface area contributed by atoms with Gasteiger partial charge in [-0.3, -0.25) is 0 Å². The van der Waals surface area contributed by atoms with Crippen LogP contribution >= 0.6 is 0 Å². The molecule has 1 N–H and O–H groups in total. The molecule has 0 saturated heterocycles. The van der Waals surface area contributed by atoms with Gasteiger partial charge in [0, 0.05) is 23.4 Å². The summed E-state index contributed by atoms with van der Waals surface area (Å²) < 4.78 is 1.91. The van der Waals surface area contributed by atoms with Gasteiger partial charge in [0.25, 0.3) is 0 Å². The van der Waals surface area contributed by atoms with Crippen molar-refractivity contribution >= 4 is 11.5 Å². The molecule has 0 aliphatic heterocycles. The van der Waals surface area contributed by atoms with Crippen molar-refractivity contribution in [1.29, 1.82) is 0 Å². The van der Waals surface area contributed by atoms with Crippen molar-refractivity contribution in [2.75, 3.05) is 5.32 Å². The van der Waals surface area contributed by atoms with Crippen molar-refractivity contribution in [3.05, 3.63) is 47.8 Å². The normalized spacial score (nSPS) is 11.3. The number of benzene rings is 1. The zero-order valence-corrected chi connectivity index (χ0v) is 12.9. The van der Waals surface area contributed by atoms with Crippen LogP contribution in [0.4, 0.5) is 5.82 Å². The third kappa shape index (κ3) is 2.49. The van der Waals surface area contributed by atoms with Crippen LogP contribution in [0.25, 0.3) is 16.8 Å². The highest BCUT2D eigenvalue weighted by atomic mass is 15.3. The molecule has 0 bridgehead atoms. The topological polar surface area (TPSA) is 42.2 Å². The molecular weight excluding hydrogens is 260 g/mol. The third-order valence-corrected chi connectivity index (χ3v) is 3.39. The lowest BCUT2D eigenvalue weighted by molar-refractivity contribution is 0.842. The molecule has 108 valence electrons. The fraction of sp³-hybridized carbons (Fsp3) is 0.294. The molecule has 3 rings (SSSR count). The van der Waals surface area contributed by atoms with E-state index >= 15 is 0 Å². The third-order valence-electron chi connectivity index (χ3n) is 3.39.